The molecule has 460 valence electrons. The SMILES string of the molecule is C[C@@H]1O[C@@H](O[C@@H]2[C@@H](O)[C@H](O)CO[C@H]2O)[C@H](O)[C@H](O[C@@H]2OC[C@@H](O)[C@H](O[C@@H]3O[C@@H](C)[C@H](O[C@@H]4OC[C@@H](O)[C@H](O[C@@H]5O[C@H](CO[C@@H]6O[C@H](CO)[C@@H](O)[C@H](O)[C@H]6O)[C@@H](O[C@@H]6OC[C@@H](O)[C@H](O)[C@H]6O)[C@H](O)[C@H]5O)[C@H]4O)[C@@H](O)[C@H]3O)[C@H]2O)[C@H]1O. The van der Waals surface area contributed by atoms with E-state index in [0.717, 1.165) is 0 Å². The third-order valence-electron chi connectivity index (χ3n) is 15.0. The van der Waals surface area contributed by atoms with Gasteiger partial charge in [0.1, 0.15) is 159 Å². The van der Waals surface area contributed by atoms with Gasteiger partial charge in [-0.25, -0.2) is 0 Å². The van der Waals surface area contributed by atoms with Gasteiger partial charge in [-0.3, -0.25) is 0 Å². The van der Waals surface area contributed by atoms with Crippen molar-refractivity contribution in [2.75, 3.05) is 39.6 Å². The van der Waals surface area contributed by atoms with Gasteiger partial charge >= 0.3 is 0 Å². The minimum Gasteiger partial charge on any atom is -0.394 e. The van der Waals surface area contributed by atoms with Crippen molar-refractivity contribution >= 4 is 0 Å². The Hall–Kier alpha value is -1.40. The summed E-state index contributed by atoms with van der Waals surface area (Å²) < 4.78 is 84.0. The van der Waals surface area contributed by atoms with E-state index >= 15 is 0 Å². The molecule has 0 unspecified atom stereocenters. The highest BCUT2D eigenvalue weighted by atomic mass is 16.8. The molecule has 0 aliphatic carbocycles. The Morgan fingerprint density at radius 3 is 1.30 bits per heavy atom. The summed E-state index contributed by atoms with van der Waals surface area (Å²) in [5.41, 5.74) is 0. The van der Waals surface area contributed by atoms with Gasteiger partial charge in [-0.05, 0) is 13.8 Å². The van der Waals surface area contributed by atoms with E-state index in [1.165, 1.54) is 13.8 Å². The second-order valence-corrected chi connectivity index (χ2v) is 20.6. The second kappa shape index (κ2) is 26.9. The zero-order valence-corrected chi connectivity index (χ0v) is 42.1. The molecule has 0 aromatic rings. The van der Waals surface area contributed by atoms with Crippen LogP contribution in [-0.2, 0) is 71.1 Å². The van der Waals surface area contributed by atoms with E-state index in [0.29, 0.717) is 0 Å². The summed E-state index contributed by atoms with van der Waals surface area (Å²) in [5.74, 6) is 0. The quantitative estimate of drug-likeness (QED) is 0.0682. The first-order valence-electron chi connectivity index (χ1n) is 25.5. The van der Waals surface area contributed by atoms with E-state index in [1.54, 1.807) is 0 Å². The average Bonchev–Trinajstić information content (AvgIpc) is 3.43. The Labute approximate surface area is 447 Å². The number of aliphatic hydroxyl groups is 20. The lowest BCUT2D eigenvalue weighted by Crippen LogP contribution is -2.66. The Morgan fingerprint density at radius 2 is 0.709 bits per heavy atom. The summed E-state index contributed by atoms with van der Waals surface area (Å²) in [6.07, 6.45) is -63.9. The van der Waals surface area contributed by atoms with E-state index in [4.69, 9.17) is 71.1 Å². The van der Waals surface area contributed by atoms with Crippen LogP contribution in [0, 0.1) is 0 Å². The third kappa shape index (κ3) is 13.5. The molecule has 8 heterocycles. The molecule has 8 aliphatic rings. The lowest BCUT2D eigenvalue weighted by atomic mass is 9.97. The first-order valence-corrected chi connectivity index (χ1v) is 25.5. The number of rotatable bonds is 16. The monoisotopic (exact) mass is 1160 g/mol. The Kier molecular flexibility index (Phi) is 21.7. The summed E-state index contributed by atoms with van der Waals surface area (Å²) in [6.45, 7) is -1.25. The molecule has 0 amide bonds. The van der Waals surface area contributed by atoms with E-state index in [-0.39, 0.29) is 0 Å². The van der Waals surface area contributed by atoms with Gasteiger partial charge in [0.05, 0.1) is 51.8 Å². The van der Waals surface area contributed by atoms with Crippen LogP contribution in [-0.4, -0.2) is 363 Å². The maximum Gasteiger partial charge on any atom is 0.187 e. The molecule has 0 saturated carbocycles. The van der Waals surface area contributed by atoms with Crippen molar-refractivity contribution in [3.05, 3.63) is 0 Å². The van der Waals surface area contributed by atoms with E-state index < -0.39 is 261 Å². The van der Waals surface area contributed by atoms with Crippen molar-refractivity contribution in [3.63, 3.8) is 0 Å². The zero-order chi connectivity index (χ0) is 57.6. The van der Waals surface area contributed by atoms with Crippen molar-refractivity contribution in [2.24, 2.45) is 0 Å². The molecule has 8 rings (SSSR count). The van der Waals surface area contributed by atoms with Crippen molar-refractivity contribution < 1.29 is 173 Å². The van der Waals surface area contributed by atoms with Crippen LogP contribution in [0.15, 0.2) is 0 Å². The first kappa shape index (κ1) is 63.6. The summed E-state index contributed by atoms with van der Waals surface area (Å²) in [6, 6.07) is 0. The predicted octanol–water partition coefficient (Wildman–Crippen LogP) is -13.8. The zero-order valence-electron chi connectivity index (χ0n) is 42.1. The molecular formula is C44H74O35. The standard InChI is InChI=1S/C44H74O35/c1-9-17(50)35(30(63)44(70-9)79-36-19(52)12(47)4-65-37(36)64)78-41-29(62)32(13(48)7-68-41)75-42-26(59)22(55)31(10(2)71-42)74-40-28(61)33(14(49)6-67-40)76-43-27(60)23(56)34(77-39-24(57)18(51)11(46)5-66-39)16(73-43)8-69-38-25(58)21(54)20(53)15(3-45)72-38/h9-64H,3-8H2,1-2H3/t9-,10-,11+,12+,13+,14+,15+,16+,17-,18-,19-,20+,21-,22-,23+,24+,25+,26+,27+,28+,29+,30+,31-,32-,33-,34+,35+,36+,37+,38+,39-,40-,41-,42-,43-,44-/m0/s1. The number of ether oxygens (including phenoxy) is 15. The highest BCUT2D eigenvalue weighted by Gasteiger charge is 2.57. The molecule has 8 aliphatic heterocycles. The second-order valence-electron chi connectivity index (χ2n) is 20.6. The van der Waals surface area contributed by atoms with E-state index in [2.05, 4.69) is 0 Å². The summed E-state index contributed by atoms with van der Waals surface area (Å²) >= 11 is 0. The average molecular weight is 1160 g/mol. The molecule has 35 nitrogen and oxygen atoms in total. The van der Waals surface area contributed by atoms with Crippen LogP contribution in [0.5, 0.6) is 0 Å². The van der Waals surface area contributed by atoms with Crippen LogP contribution in [0.25, 0.3) is 0 Å². The van der Waals surface area contributed by atoms with E-state index in [9.17, 15) is 102 Å². The molecule has 0 spiro atoms. The van der Waals surface area contributed by atoms with Gasteiger partial charge in [0, 0.05) is 0 Å². The van der Waals surface area contributed by atoms with Crippen molar-refractivity contribution in [2.45, 2.75) is 235 Å². The predicted molar refractivity (Wildman–Crippen MR) is 238 cm³/mol. The fraction of sp³-hybridized carbons (Fsp3) is 1.00. The largest absolute Gasteiger partial charge is 0.394 e. The minimum atomic E-state index is -2.15. The van der Waals surface area contributed by atoms with Crippen molar-refractivity contribution in [1.29, 1.82) is 0 Å². The van der Waals surface area contributed by atoms with Gasteiger partial charge in [-0.1, -0.05) is 0 Å². The fourth-order valence-corrected chi connectivity index (χ4v) is 10.2. The van der Waals surface area contributed by atoms with Gasteiger partial charge in [0.2, 0.25) is 0 Å². The molecule has 8 saturated heterocycles. The summed E-state index contributed by atoms with van der Waals surface area (Å²) in [5, 5.41) is 215. The van der Waals surface area contributed by atoms with Crippen LogP contribution in [0.2, 0.25) is 0 Å². The smallest absolute Gasteiger partial charge is 0.187 e. The molecule has 0 bridgehead atoms. The molecule has 0 aromatic heterocycles. The lowest BCUT2D eigenvalue weighted by molar-refractivity contribution is -0.388. The number of aliphatic hydroxyl groups excluding tert-OH is 20. The van der Waals surface area contributed by atoms with Crippen molar-refractivity contribution in [1.82, 2.24) is 0 Å². The molecule has 35 heteroatoms. The molecule has 79 heavy (non-hydrogen) atoms. The van der Waals surface area contributed by atoms with Gasteiger partial charge in [-0.15, -0.1) is 0 Å². The molecule has 8 fully saturated rings. The molecule has 0 aromatic carbocycles. The summed E-state index contributed by atoms with van der Waals surface area (Å²) in [7, 11) is 0. The van der Waals surface area contributed by atoms with Crippen LogP contribution in [0.4, 0.5) is 0 Å². The van der Waals surface area contributed by atoms with E-state index in [1.807, 2.05) is 0 Å². The normalized spacial score (nSPS) is 55.1. The first-order chi connectivity index (χ1) is 37.3. The highest BCUT2D eigenvalue weighted by Crippen LogP contribution is 2.36. The number of hydrogen-bond acceptors (Lipinski definition) is 35. The van der Waals surface area contributed by atoms with Crippen LogP contribution in [0.1, 0.15) is 13.8 Å². The molecule has 20 N–H and O–H groups in total. The molecule has 36 atom stereocenters. The Morgan fingerprint density at radius 1 is 0.304 bits per heavy atom. The maximum atomic E-state index is 11.5. The lowest BCUT2D eigenvalue weighted by Gasteiger charge is -2.48. The van der Waals surface area contributed by atoms with Crippen LogP contribution >= 0.6 is 0 Å². The third-order valence-corrected chi connectivity index (χ3v) is 15.0. The molecular weight excluding hydrogens is 1090 g/mol. The van der Waals surface area contributed by atoms with Gasteiger partial charge in [0.25, 0.3) is 0 Å². The highest BCUT2D eigenvalue weighted by molar-refractivity contribution is 4.98. The number of hydrogen-bond donors (Lipinski definition) is 20. The molecule has 0 radical (unpaired) electrons. The summed E-state index contributed by atoms with van der Waals surface area (Å²) in [4.78, 5) is 0. The Bertz CT molecular complexity index is 1890. The maximum absolute atomic E-state index is 11.5. The van der Waals surface area contributed by atoms with Gasteiger partial charge in [0.15, 0.2) is 50.3 Å². The topological polar surface area (TPSA) is 543 Å². The minimum absolute atomic E-state index is 0.432. The fourth-order valence-electron chi connectivity index (χ4n) is 10.2. The van der Waals surface area contributed by atoms with Gasteiger partial charge in [-0.2, -0.15) is 0 Å². The van der Waals surface area contributed by atoms with Gasteiger partial charge < -0.3 is 173 Å². The van der Waals surface area contributed by atoms with Crippen molar-refractivity contribution in [3.8, 4) is 0 Å². The van der Waals surface area contributed by atoms with Crippen LogP contribution in [0.3, 0.4) is 0 Å². The Balaban J connectivity index is 0.892. The van der Waals surface area contributed by atoms with Crippen LogP contribution < -0.4 is 0 Å².